The minimum absolute atomic E-state index is 0.309. The Bertz CT molecular complexity index is 755. The van der Waals surface area contributed by atoms with E-state index in [-0.39, 0.29) is 5.97 Å². The summed E-state index contributed by atoms with van der Waals surface area (Å²) in [4.78, 5) is 12.4. The van der Waals surface area contributed by atoms with Crippen LogP contribution in [0, 0.1) is 0 Å². The van der Waals surface area contributed by atoms with Gasteiger partial charge in [0.25, 0.3) is 0 Å². The zero-order valence-corrected chi connectivity index (χ0v) is 13.7. The van der Waals surface area contributed by atoms with Crippen LogP contribution in [0.3, 0.4) is 0 Å². The number of tetrazole rings is 1. The standard InChI is InChI=1S/C14H14BrN5O2/c1-3-22-13(21)11-8(2)16-14-17-18-19-20(14)12(11)9-5-4-6-10(15)7-9/h4-7,12H,3H2,1-2H3,(H,16,17,19)/t12-/m1/s1. The summed E-state index contributed by atoms with van der Waals surface area (Å²) in [6, 6.07) is 7.27. The quantitative estimate of drug-likeness (QED) is 0.842. The molecular formula is C14H14BrN5O2. The van der Waals surface area contributed by atoms with Gasteiger partial charge in [0.2, 0.25) is 5.95 Å². The van der Waals surface area contributed by atoms with E-state index in [2.05, 4.69) is 36.8 Å². The fourth-order valence-corrected chi connectivity index (χ4v) is 2.89. The van der Waals surface area contributed by atoms with E-state index >= 15 is 0 Å². The number of hydrogen-bond acceptors (Lipinski definition) is 6. The first-order chi connectivity index (χ1) is 10.6. The van der Waals surface area contributed by atoms with E-state index < -0.39 is 6.04 Å². The highest BCUT2D eigenvalue weighted by molar-refractivity contribution is 9.10. The van der Waals surface area contributed by atoms with Crippen molar-refractivity contribution >= 4 is 27.8 Å². The summed E-state index contributed by atoms with van der Waals surface area (Å²) >= 11 is 3.45. The topological polar surface area (TPSA) is 81.9 Å². The summed E-state index contributed by atoms with van der Waals surface area (Å²) in [5, 5.41) is 14.7. The molecule has 0 spiro atoms. The predicted octanol–water partition coefficient (Wildman–Crippen LogP) is 2.29. The molecule has 0 radical (unpaired) electrons. The molecule has 3 rings (SSSR count). The third kappa shape index (κ3) is 2.50. The Kier molecular flexibility index (Phi) is 3.93. The number of anilines is 1. The van der Waals surface area contributed by atoms with E-state index in [9.17, 15) is 4.79 Å². The lowest BCUT2D eigenvalue weighted by molar-refractivity contribution is -0.139. The summed E-state index contributed by atoms with van der Waals surface area (Å²) in [6.45, 7) is 3.90. The molecule has 2 aromatic rings. The largest absolute Gasteiger partial charge is 0.463 e. The van der Waals surface area contributed by atoms with E-state index in [1.54, 1.807) is 11.6 Å². The molecule has 7 nitrogen and oxygen atoms in total. The molecular weight excluding hydrogens is 350 g/mol. The number of benzene rings is 1. The molecule has 0 aliphatic carbocycles. The first kappa shape index (κ1) is 14.7. The van der Waals surface area contributed by atoms with Gasteiger partial charge in [0, 0.05) is 10.2 Å². The second-order valence-corrected chi connectivity index (χ2v) is 5.70. The molecule has 0 amide bonds. The van der Waals surface area contributed by atoms with Gasteiger partial charge in [-0.3, -0.25) is 0 Å². The van der Waals surface area contributed by atoms with Crippen LogP contribution >= 0.6 is 15.9 Å². The number of ether oxygens (including phenoxy) is 1. The monoisotopic (exact) mass is 363 g/mol. The van der Waals surface area contributed by atoms with E-state index in [4.69, 9.17) is 4.74 Å². The first-order valence-electron chi connectivity index (χ1n) is 6.80. The zero-order valence-electron chi connectivity index (χ0n) is 12.1. The lowest BCUT2D eigenvalue weighted by Gasteiger charge is -2.27. The molecule has 2 heterocycles. The van der Waals surface area contributed by atoms with Crippen molar-refractivity contribution in [1.82, 2.24) is 20.2 Å². The molecule has 0 saturated carbocycles. The van der Waals surface area contributed by atoms with Crippen LogP contribution in [0.15, 0.2) is 40.0 Å². The van der Waals surface area contributed by atoms with Crippen LogP contribution in [0.2, 0.25) is 0 Å². The number of hydrogen-bond donors (Lipinski definition) is 1. The van der Waals surface area contributed by atoms with Crippen molar-refractivity contribution in [1.29, 1.82) is 0 Å². The average Bonchev–Trinajstić information content (AvgIpc) is 2.93. The van der Waals surface area contributed by atoms with Crippen LogP contribution in [0.5, 0.6) is 0 Å². The van der Waals surface area contributed by atoms with Crippen LogP contribution < -0.4 is 5.32 Å². The van der Waals surface area contributed by atoms with E-state index in [1.165, 1.54) is 0 Å². The normalized spacial score (nSPS) is 17.0. The number of esters is 1. The smallest absolute Gasteiger partial charge is 0.338 e. The fraction of sp³-hybridized carbons (Fsp3) is 0.286. The summed E-state index contributed by atoms with van der Waals surface area (Å²) in [5.41, 5.74) is 2.08. The number of nitrogens with zero attached hydrogens (tertiary/aromatic N) is 4. The molecule has 0 bridgehead atoms. The van der Waals surface area contributed by atoms with Crippen molar-refractivity contribution in [3.63, 3.8) is 0 Å². The lowest BCUT2D eigenvalue weighted by Crippen LogP contribution is -2.29. The molecule has 1 aliphatic rings. The number of carbonyl (C=O) groups excluding carboxylic acids is 1. The molecule has 0 fully saturated rings. The summed E-state index contributed by atoms with van der Waals surface area (Å²) < 4.78 is 7.69. The summed E-state index contributed by atoms with van der Waals surface area (Å²) in [6.07, 6.45) is 0. The minimum atomic E-state index is -0.428. The lowest BCUT2D eigenvalue weighted by atomic mass is 9.96. The number of aromatic nitrogens is 4. The van der Waals surface area contributed by atoms with Gasteiger partial charge in [-0.25, -0.2) is 4.79 Å². The first-order valence-corrected chi connectivity index (χ1v) is 7.59. The fourth-order valence-electron chi connectivity index (χ4n) is 2.47. The van der Waals surface area contributed by atoms with Gasteiger partial charge >= 0.3 is 5.97 Å². The Morgan fingerprint density at radius 2 is 2.32 bits per heavy atom. The molecule has 0 saturated heterocycles. The molecule has 0 unspecified atom stereocenters. The average molecular weight is 364 g/mol. The second kappa shape index (κ2) is 5.88. The van der Waals surface area contributed by atoms with Crippen molar-refractivity contribution in [3.8, 4) is 0 Å². The SMILES string of the molecule is CCOC(=O)C1=C(C)Nc2nnnn2[C@@H]1c1cccc(Br)c1. The number of allylic oxidation sites excluding steroid dienone is 1. The van der Waals surface area contributed by atoms with Crippen molar-refractivity contribution in [2.24, 2.45) is 0 Å². The Labute approximate surface area is 135 Å². The molecule has 1 aromatic carbocycles. The van der Waals surface area contributed by atoms with Gasteiger partial charge in [0.15, 0.2) is 0 Å². The molecule has 1 N–H and O–H groups in total. The molecule has 1 aliphatic heterocycles. The third-order valence-electron chi connectivity index (χ3n) is 3.37. The Morgan fingerprint density at radius 3 is 3.05 bits per heavy atom. The molecule has 22 heavy (non-hydrogen) atoms. The second-order valence-electron chi connectivity index (χ2n) is 4.79. The predicted molar refractivity (Wildman–Crippen MR) is 83.1 cm³/mol. The minimum Gasteiger partial charge on any atom is -0.463 e. The Hall–Kier alpha value is -2.22. The van der Waals surface area contributed by atoms with Gasteiger partial charge < -0.3 is 10.1 Å². The highest BCUT2D eigenvalue weighted by Crippen LogP contribution is 2.35. The maximum atomic E-state index is 12.4. The molecule has 1 aromatic heterocycles. The van der Waals surface area contributed by atoms with Crippen molar-refractivity contribution in [2.45, 2.75) is 19.9 Å². The third-order valence-corrected chi connectivity index (χ3v) is 3.87. The van der Waals surface area contributed by atoms with Crippen molar-refractivity contribution in [3.05, 3.63) is 45.6 Å². The van der Waals surface area contributed by atoms with Gasteiger partial charge in [-0.05, 0) is 42.0 Å². The maximum Gasteiger partial charge on any atom is 0.338 e. The highest BCUT2D eigenvalue weighted by Gasteiger charge is 2.34. The molecule has 1 atom stereocenters. The zero-order chi connectivity index (χ0) is 15.7. The van der Waals surface area contributed by atoms with Gasteiger partial charge in [-0.2, -0.15) is 4.68 Å². The Morgan fingerprint density at radius 1 is 1.50 bits per heavy atom. The number of rotatable bonds is 3. The number of fused-ring (bicyclic) bond motifs is 1. The number of halogens is 1. The van der Waals surface area contributed by atoms with E-state index in [0.29, 0.717) is 23.8 Å². The van der Waals surface area contributed by atoms with Gasteiger partial charge in [-0.1, -0.05) is 33.2 Å². The Balaban J connectivity index is 2.15. The molecule has 8 heteroatoms. The van der Waals surface area contributed by atoms with Crippen LogP contribution in [0.25, 0.3) is 0 Å². The number of carbonyl (C=O) groups is 1. The summed E-state index contributed by atoms with van der Waals surface area (Å²) in [7, 11) is 0. The van der Waals surface area contributed by atoms with Crippen molar-refractivity contribution < 1.29 is 9.53 Å². The maximum absolute atomic E-state index is 12.4. The van der Waals surface area contributed by atoms with Gasteiger partial charge in [0.1, 0.15) is 6.04 Å². The highest BCUT2D eigenvalue weighted by atomic mass is 79.9. The van der Waals surface area contributed by atoms with E-state index in [1.807, 2.05) is 31.2 Å². The van der Waals surface area contributed by atoms with Crippen LogP contribution in [0.4, 0.5) is 5.95 Å². The van der Waals surface area contributed by atoms with Crippen LogP contribution in [-0.2, 0) is 9.53 Å². The summed E-state index contributed by atoms with van der Waals surface area (Å²) in [5.74, 6) is 0.120. The van der Waals surface area contributed by atoms with Crippen LogP contribution in [0.1, 0.15) is 25.5 Å². The van der Waals surface area contributed by atoms with Crippen LogP contribution in [-0.4, -0.2) is 32.8 Å². The van der Waals surface area contributed by atoms with Gasteiger partial charge in [-0.15, -0.1) is 0 Å². The van der Waals surface area contributed by atoms with Crippen molar-refractivity contribution in [2.75, 3.05) is 11.9 Å². The van der Waals surface area contributed by atoms with Gasteiger partial charge in [0.05, 0.1) is 12.2 Å². The molecule has 114 valence electrons. The van der Waals surface area contributed by atoms with E-state index in [0.717, 1.165) is 10.0 Å². The number of nitrogens with one attached hydrogen (secondary N) is 1.